The van der Waals surface area contributed by atoms with Crippen LogP contribution in [0.4, 0.5) is 11.4 Å². The Morgan fingerprint density at radius 3 is 2.48 bits per heavy atom. The maximum Gasteiger partial charge on any atom is 0.293 e. The second kappa shape index (κ2) is 5.81. The Hall–Kier alpha value is -2.15. The average Bonchev–Trinajstić information content (AvgIpc) is 2.65. The maximum atomic E-state index is 11.7. The zero-order valence-electron chi connectivity index (χ0n) is 14.1. The predicted octanol–water partition coefficient (Wildman–Crippen LogP) is 2.71. The van der Waals surface area contributed by atoms with E-state index in [2.05, 4.69) is 10.6 Å². The molecule has 0 aromatic heterocycles. The van der Waals surface area contributed by atoms with Crippen LogP contribution < -0.4 is 10.6 Å². The van der Waals surface area contributed by atoms with Gasteiger partial charge >= 0.3 is 0 Å². The normalized spacial score (nSPS) is 21.7. The number of carbonyl (C=O) groups excluding carboxylic acids is 1. The van der Waals surface area contributed by atoms with Crippen molar-refractivity contribution in [1.29, 1.82) is 0 Å². The molecule has 2 N–H and O–H groups in total. The number of nitrogens with one attached hydrogen (secondary N) is 2. The third-order valence-corrected chi connectivity index (χ3v) is 4.09. The Balaban J connectivity index is 2.33. The lowest BCUT2D eigenvalue weighted by atomic mass is 9.94. The number of benzene rings is 1. The molecule has 1 aliphatic rings. The zero-order valence-corrected chi connectivity index (χ0v) is 14.1. The van der Waals surface area contributed by atoms with Crippen molar-refractivity contribution >= 4 is 17.3 Å². The van der Waals surface area contributed by atoms with Gasteiger partial charge in [-0.15, -0.1) is 0 Å². The molecule has 1 amide bonds. The molecule has 1 fully saturated rings. The first-order chi connectivity index (χ1) is 10.6. The SMILES string of the molecule is CNC(=O)c1ccc(NC2CC(C)(C)OC2(C)C)c([N+](=O)[O-])c1. The van der Waals surface area contributed by atoms with E-state index in [0.717, 1.165) is 6.42 Å². The molecule has 2 rings (SSSR count). The first kappa shape index (κ1) is 17.2. The lowest BCUT2D eigenvalue weighted by molar-refractivity contribution is -0.384. The molecule has 0 radical (unpaired) electrons. The van der Waals surface area contributed by atoms with E-state index in [-0.39, 0.29) is 28.8 Å². The van der Waals surface area contributed by atoms with Crippen LogP contribution in [0.25, 0.3) is 0 Å². The number of nitrogens with zero attached hydrogens (tertiary/aromatic N) is 1. The lowest BCUT2D eigenvalue weighted by Gasteiger charge is -2.28. The third kappa shape index (κ3) is 3.61. The molecule has 1 saturated heterocycles. The number of rotatable bonds is 4. The van der Waals surface area contributed by atoms with Crippen molar-refractivity contribution in [2.45, 2.75) is 51.4 Å². The molecule has 1 heterocycles. The summed E-state index contributed by atoms with van der Waals surface area (Å²) in [4.78, 5) is 22.5. The van der Waals surface area contributed by atoms with Crippen LogP contribution in [0.1, 0.15) is 44.5 Å². The van der Waals surface area contributed by atoms with Crippen molar-refractivity contribution in [3.63, 3.8) is 0 Å². The maximum absolute atomic E-state index is 11.7. The van der Waals surface area contributed by atoms with Gasteiger partial charge in [-0.25, -0.2) is 0 Å². The fourth-order valence-corrected chi connectivity index (χ4v) is 3.07. The van der Waals surface area contributed by atoms with Gasteiger partial charge < -0.3 is 15.4 Å². The van der Waals surface area contributed by atoms with Crippen molar-refractivity contribution in [2.75, 3.05) is 12.4 Å². The van der Waals surface area contributed by atoms with E-state index in [1.54, 1.807) is 12.1 Å². The zero-order chi connectivity index (χ0) is 17.4. The molecule has 7 heteroatoms. The molecule has 0 spiro atoms. The Bertz CT molecular complexity index is 640. The Morgan fingerprint density at radius 1 is 1.35 bits per heavy atom. The largest absolute Gasteiger partial charge is 0.374 e. The Labute approximate surface area is 135 Å². The van der Waals surface area contributed by atoms with Crippen LogP contribution >= 0.6 is 0 Å². The number of hydrogen-bond acceptors (Lipinski definition) is 5. The van der Waals surface area contributed by atoms with Crippen LogP contribution in [-0.2, 0) is 4.74 Å². The molecule has 0 saturated carbocycles. The van der Waals surface area contributed by atoms with Crippen LogP contribution in [0.2, 0.25) is 0 Å². The minimum absolute atomic E-state index is 0.0675. The van der Waals surface area contributed by atoms with Crippen LogP contribution in [0, 0.1) is 10.1 Å². The van der Waals surface area contributed by atoms with E-state index in [1.807, 2.05) is 27.7 Å². The molecule has 126 valence electrons. The summed E-state index contributed by atoms with van der Waals surface area (Å²) in [5, 5.41) is 17.0. The molecule has 1 unspecified atom stereocenters. The van der Waals surface area contributed by atoms with Crippen molar-refractivity contribution < 1.29 is 14.5 Å². The van der Waals surface area contributed by atoms with Gasteiger partial charge in [0.25, 0.3) is 11.6 Å². The lowest BCUT2D eigenvalue weighted by Crippen LogP contribution is -2.38. The standard InChI is InChI=1S/C16H23N3O4/c1-15(2)9-13(16(3,4)23-15)18-11-7-6-10(14(20)17-5)8-12(11)19(21)22/h6-8,13,18H,9H2,1-5H3,(H,17,20). The van der Waals surface area contributed by atoms with Crippen molar-refractivity contribution in [1.82, 2.24) is 5.32 Å². The summed E-state index contributed by atoms with van der Waals surface area (Å²) < 4.78 is 6.00. The second-order valence-electron chi connectivity index (χ2n) is 6.93. The van der Waals surface area contributed by atoms with Gasteiger partial charge in [-0.2, -0.15) is 0 Å². The molecule has 1 aliphatic heterocycles. The highest BCUT2D eigenvalue weighted by Gasteiger charge is 2.46. The summed E-state index contributed by atoms with van der Waals surface area (Å²) >= 11 is 0. The van der Waals surface area contributed by atoms with E-state index >= 15 is 0 Å². The molecule has 1 aromatic carbocycles. The number of hydrogen-bond donors (Lipinski definition) is 2. The minimum Gasteiger partial charge on any atom is -0.374 e. The molecular formula is C16H23N3O4. The third-order valence-electron chi connectivity index (χ3n) is 4.09. The van der Waals surface area contributed by atoms with Gasteiger partial charge in [0.05, 0.1) is 22.2 Å². The summed E-state index contributed by atoms with van der Waals surface area (Å²) in [5.74, 6) is -0.356. The van der Waals surface area contributed by atoms with E-state index in [9.17, 15) is 14.9 Å². The monoisotopic (exact) mass is 321 g/mol. The van der Waals surface area contributed by atoms with Gasteiger partial charge in [0, 0.05) is 18.7 Å². The summed E-state index contributed by atoms with van der Waals surface area (Å²) in [7, 11) is 1.49. The van der Waals surface area contributed by atoms with Gasteiger partial charge in [0.1, 0.15) is 5.69 Å². The molecule has 0 bridgehead atoms. The Morgan fingerprint density at radius 2 is 2.00 bits per heavy atom. The molecule has 7 nitrogen and oxygen atoms in total. The number of anilines is 1. The summed E-state index contributed by atoms with van der Waals surface area (Å²) in [6, 6.07) is 4.36. The van der Waals surface area contributed by atoms with Crippen LogP contribution in [-0.4, -0.2) is 35.1 Å². The number of nitro benzene ring substituents is 1. The number of carbonyl (C=O) groups is 1. The summed E-state index contributed by atoms with van der Waals surface area (Å²) in [5.41, 5.74) is -0.213. The van der Waals surface area contributed by atoms with Gasteiger partial charge in [-0.3, -0.25) is 14.9 Å². The summed E-state index contributed by atoms with van der Waals surface area (Å²) in [6.45, 7) is 7.92. The minimum atomic E-state index is -0.483. The highest BCUT2D eigenvalue weighted by Crippen LogP contribution is 2.40. The topological polar surface area (TPSA) is 93.5 Å². The average molecular weight is 321 g/mol. The molecule has 23 heavy (non-hydrogen) atoms. The fraction of sp³-hybridized carbons (Fsp3) is 0.562. The van der Waals surface area contributed by atoms with Crippen LogP contribution in [0.3, 0.4) is 0 Å². The van der Waals surface area contributed by atoms with Crippen molar-refractivity contribution in [3.05, 3.63) is 33.9 Å². The first-order valence-corrected chi connectivity index (χ1v) is 7.53. The van der Waals surface area contributed by atoms with E-state index < -0.39 is 10.5 Å². The second-order valence-corrected chi connectivity index (χ2v) is 6.93. The summed E-state index contributed by atoms with van der Waals surface area (Å²) in [6.07, 6.45) is 0.731. The smallest absolute Gasteiger partial charge is 0.293 e. The van der Waals surface area contributed by atoms with Crippen molar-refractivity contribution in [3.8, 4) is 0 Å². The van der Waals surface area contributed by atoms with Crippen molar-refractivity contribution in [2.24, 2.45) is 0 Å². The molecule has 0 aliphatic carbocycles. The predicted molar refractivity (Wildman–Crippen MR) is 87.8 cm³/mol. The van der Waals surface area contributed by atoms with E-state index in [1.165, 1.54) is 13.1 Å². The molecule has 1 atom stereocenters. The van der Waals surface area contributed by atoms with Gasteiger partial charge in [0.15, 0.2) is 0 Å². The number of ether oxygens (including phenoxy) is 1. The van der Waals surface area contributed by atoms with Gasteiger partial charge in [-0.05, 0) is 46.2 Å². The fourth-order valence-electron chi connectivity index (χ4n) is 3.07. The number of amides is 1. The first-order valence-electron chi connectivity index (χ1n) is 7.53. The van der Waals surface area contributed by atoms with E-state index in [0.29, 0.717) is 5.69 Å². The molecule has 1 aromatic rings. The Kier molecular flexibility index (Phi) is 4.34. The highest BCUT2D eigenvalue weighted by molar-refractivity contribution is 5.95. The van der Waals surface area contributed by atoms with Gasteiger partial charge in [-0.1, -0.05) is 0 Å². The number of nitro groups is 1. The van der Waals surface area contributed by atoms with Crippen LogP contribution in [0.15, 0.2) is 18.2 Å². The van der Waals surface area contributed by atoms with Crippen LogP contribution in [0.5, 0.6) is 0 Å². The molecular weight excluding hydrogens is 298 g/mol. The van der Waals surface area contributed by atoms with E-state index in [4.69, 9.17) is 4.74 Å². The quantitative estimate of drug-likeness (QED) is 0.657. The highest BCUT2D eigenvalue weighted by atomic mass is 16.6. The van der Waals surface area contributed by atoms with Gasteiger partial charge in [0.2, 0.25) is 0 Å².